The zero-order valence-corrected chi connectivity index (χ0v) is 13.1. The van der Waals surface area contributed by atoms with Crippen LogP contribution >= 0.6 is 0 Å². The number of carboxylic acid groups (broad SMARTS) is 1. The number of hydrogen-bond acceptors (Lipinski definition) is 4. The van der Waals surface area contributed by atoms with E-state index >= 15 is 0 Å². The van der Waals surface area contributed by atoms with Crippen molar-refractivity contribution in [2.45, 2.75) is 18.9 Å². The molecule has 122 valence electrons. The highest BCUT2D eigenvalue weighted by atomic mass is 16.5. The van der Waals surface area contributed by atoms with Gasteiger partial charge in [0.25, 0.3) is 0 Å². The molecule has 5 nitrogen and oxygen atoms in total. The molecule has 0 spiro atoms. The fraction of sp³-hybridized carbons (Fsp3) is 0.211. The van der Waals surface area contributed by atoms with Crippen LogP contribution in [0.3, 0.4) is 0 Å². The zero-order chi connectivity index (χ0) is 16.7. The standard InChI is InChI=1S/C19H16O5/c1-22-15-10-16-13(9-17(23-16)19(20)21)18-12(15)7-8-14(24-18)11-5-3-2-4-6-11/h2-6,9-10,14H,7-8H2,1H3,(H,20,21). The average Bonchev–Trinajstić information content (AvgIpc) is 3.06. The number of fused-ring (bicyclic) bond motifs is 3. The van der Waals surface area contributed by atoms with Gasteiger partial charge in [-0.15, -0.1) is 0 Å². The summed E-state index contributed by atoms with van der Waals surface area (Å²) >= 11 is 0. The van der Waals surface area contributed by atoms with E-state index in [1.54, 1.807) is 13.2 Å². The van der Waals surface area contributed by atoms with Gasteiger partial charge in [0.1, 0.15) is 23.2 Å². The van der Waals surface area contributed by atoms with Crippen LogP contribution in [0.4, 0.5) is 0 Å². The molecule has 1 aliphatic heterocycles. The second-order valence-electron chi connectivity index (χ2n) is 5.77. The lowest BCUT2D eigenvalue weighted by atomic mass is 9.95. The summed E-state index contributed by atoms with van der Waals surface area (Å²) in [6.07, 6.45) is 1.56. The summed E-state index contributed by atoms with van der Waals surface area (Å²) in [5.74, 6) is 0.108. The summed E-state index contributed by atoms with van der Waals surface area (Å²) in [6.45, 7) is 0. The monoisotopic (exact) mass is 324 g/mol. The van der Waals surface area contributed by atoms with Crippen LogP contribution < -0.4 is 9.47 Å². The molecule has 1 N–H and O–H groups in total. The van der Waals surface area contributed by atoms with Gasteiger partial charge in [-0.3, -0.25) is 0 Å². The second-order valence-corrected chi connectivity index (χ2v) is 5.77. The molecule has 0 aliphatic carbocycles. The summed E-state index contributed by atoms with van der Waals surface area (Å²) < 4.78 is 17.1. The maximum absolute atomic E-state index is 11.2. The number of ether oxygens (including phenoxy) is 2. The van der Waals surface area contributed by atoms with Crippen LogP contribution in [-0.2, 0) is 6.42 Å². The van der Waals surface area contributed by atoms with E-state index in [-0.39, 0.29) is 11.9 Å². The van der Waals surface area contributed by atoms with Gasteiger partial charge in [0.2, 0.25) is 5.76 Å². The molecule has 1 aromatic heterocycles. The summed E-state index contributed by atoms with van der Waals surface area (Å²) in [5, 5.41) is 9.85. The Bertz CT molecular complexity index is 910. The molecule has 0 radical (unpaired) electrons. The smallest absolute Gasteiger partial charge is 0.371 e. The van der Waals surface area contributed by atoms with Crippen molar-refractivity contribution in [2.24, 2.45) is 0 Å². The zero-order valence-electron chi connectivity index (χ0n) is 13.1. The molecule has 0 bridgehead atoms. The number of furan rings is 1. The van der Waals surface area contributed by atoms with Crippen molar-refractivity contribution in [3.8, 4) is 11.5 Å². The molecule has 1 unspecified atom stereocenters. The van der Waals surface area contributed by atoms with E-state index < -0.39 is 5.97 Å². The van der Waals surface area contributed by atoms with E-state index in [0.717, 1.165) is 24.0 Å². The molecule has 2 aromatic carbocycles. The van der Waals surface area contributed by atoms with E-state index in [4.69, 9.17) is 13.9 Å². The predicted octanol–water partition coefficient (Wildman–Crippen LogP) is 4.21. The minimum Gasteiger partial charge on any atom is -0.496 e. The summed E-state index contributed by atoms with van der Waals surface area (Å²) in [4.78, 5) is 11.2. The summed E-state index contributed by atoms with van der Waals surface area (Å²) in [7, 11) is 1.59. The van der Waals surface area contributed by atoms with Crippen molar-refractivity contribution in [3.63, 3.8) is 0 Å². The van der Waals surface area contributed by atoms with Gasteiger partial charge < -0.3 is 19.0 Å². The lowest BCUT2D eigenvalue weighted by Gasteiger charge is -2.28. The number of carboxylic acids is 1. The number of methoxy groups -OCH3 is 1. The van der Waals surface area contributed by atoms with Gasteiger partial charge >= 0.3 is 5.97 Å². The first-order valence-electron chi connectivity index (χ1n) is 7.75. The normalized spacial score (nSPS) is 16.5. The molecule has 0 saturated carbocycles. The lowest BCUT2D eigenvalue weighted by molar-refractivity contribution is 0.0665. The molecule has 4 rings (SSSR count). The Balaban J connectivity index is 1.85. The Kier molecular flexibility index (Phi) is 3.41. The summed E-state index contributed by atoms with van der Waals surface area (Å²) in [5.41, 5.74) is 2.51. The van der Waals surface area contributed by atoms with Crippen LogP contribution in [0.15, 0.2) is 46.9 Å². The first kappa shape index (κ1) is 14.6. The lowest BCUT2D eigenvalue weighted by Crippen LogP contribution is -2.16. The first-order chi connectivity index (χ1) is 11.7. The first-order valence-corrected chi connectivity index (χ1v) is 7.75. The Morgan fingerprint density at radius 3 is 2.75 bits per heavy atom. The molecular formula is C19H16O5. The Morgan fingerprint density at radius 2 is 2.04 bits per heavy atom. The predicted molar refractivity (Wildman–Crippen MR) is 87.9 cm³/mol. The third kappa shape index (κ3) is 2.29. The van der Waals surface area contributed by atoms with E-state index in [0.29, 0.717) is 22.5 Å². The maximum Gasteiger partial charge on any atom is 0.371 e. The number of benzene rings is 2. The summed E-state index contributed by atoms with van der Waals surface area (Å²) in [6, 6.07) is 13.2. The maximum atomic E-state index is 11.2. The third-order valence-corrected chi connectivity index (χ3v) is 4.36. The number of hydrogen-bond donors (Lipinski definition) is 1. The number of rotatable bonds is 3. The molecule has 3 aromatic rings. The molecule has 0 amide bonds. The van der Waals surface area contributed by atoms with Gasteiger partial charge in [-0.25, -0.2) is 4.79 Å². The molecule has 0 saturated heterocycles. The van der Waals surface area contributed by atoms with Crippen molar-refractivity contribution in [1.82, 2.24) is 0 Å². The Morgan fingerprint density at radius 1 is 1.25 bits per heavy atom. The van der Waals surface area contributed by atoms with E-state index in [1.807, 2.05) is 30.3 Å². The molecule has 1 atom stereocenters. The molecular weight excluding hydrogens is 308 g/mol. The highest BCUT2D eigenvalue weighted by Crippen LogP contribution is 2.45. The van der Waals surface area contributed by atoms with Gasteiger partial charge in [0.15, 0.2) is 0 Å². The van der Waals surface area contributed by atoms with Crippen LogP contribution in [0, 0.1) is 0 Å². The fourth-order valence-corrected chi connectivity index (χ4v) is 3.21. The molecule has 24 heavy (non-hydrogen) atoms. The van der Waals surface area contributed by atoms with Crippen molar-refractivity contribution in [2.75, 3.05) is 7.11 Å². The van der Waals surface area contributed by atoms with Gasteiger partial charge in [0.05, 0.1) is 12.5 Å². The van der Waals surface area contributed by atoms with E-state index in [1.165, 1.54) is 6.07 Å². The van der Waals surface area contributed by atoms with Crippen molar-refractivity contribution < 1.29 is 23.8 Å². The molecule has 5 heteroatoms. The average molecular weight is 324 g/mol. The Labute approximate surface area is 138 Å². The second kappa shape index (κ2) is 5.60. The quantitative estimate of drug-likeness (QED) is 0.781. The molecule has 2 heterocycles. The highest BCUT2D eigenvalue weighted by molar-refractivity contribution is 5.95. The largest absolute Gasteiger partial charge is 0.496 e. The SMILES string of the molecule is COc1cc2oc(C(=O)O)cc2c2c1CCC(c1ccccc1)O2. The topological polar surface area (TPSA) is 68.9 Å². The van der Waals surface area contributed by atoms with Crippen LogP contribution in [0.25, 0.3) is 11.0 Å². The van der Waals surface area contributed by atoms with Crippen LogP contribution in [0.1, 0.15) is 34.2 Å². The van der Waals surface area contributed by atoms with E-state index in [2.05, 4.69) is 0 Å². The molecule has 1 aliphatic rings. The van der Waals surface area contributed by atoms with Crippen molar-refractivity contribution in [1.29, 1.82) is 0 Å². The van der Waals surface area contributed by atoms with Crippen LogP contribution in [-0.4, -0.2) is 18.2 Å². The fourth-order valence-electron chi connectivity index (χ4n) is 3.21. The van der Waals surface area contributed by atoms with Crippen molar-refractivity contribution in [3.05, 3.63) is 59.4 Å². The minimum atomic E-state index is -1.10. The van der Waals surface area contributed by atoms with Gasteiger partial charge in [-0.1, -0.05) is 30.3 Å². The van der Waals surface area contributed by atoms with Gasteiger partial charge in [0, 0.05) is 17.7 Å². The van der Waals surface area contributed by atoms with E-state index in [9.17, 15) is 9.90 Å². The third-order valence-electron chi connectivity index (χ3n) is 4.36. The molecule has 0 fully saturated rings. The van der Waals surface area contributed by atoms with Gasteiger partial charge in [-0.2, -0.15) is 0 Å². The van der Waals surface area contributed by atoms with Crippen LogP contribution in [0.5, 0.6) is 11.5 Å². The number of carbonyl (C=O) groups is 1. The van der Waals surface area contributed by atoms with Gasteiger partial charge in [-0.05, 0) is 18.4 Å². The minimum absolute atomic E-state index is 0.0721. The number of aromatic carboxylic acids is 1. The Hall–Kier alpha value is -2.95. The highest BCUT2D eigenvalue weighted by Gasteiger charge is 2.28. The van der Waals surface area contributed by atoms with Crippen molar-refractivity contribution >= 4 is 16.9 Å². The van der Waals surface area contributed by atoms with Crippen LogP contribution in [0.2, 0.25) is 0 Å².